The summed E-state index contributed by atoms with van der Waals surface area (Å²) < 4.78 is 0. The summed E-state index contributed by atoms with van der Waals surface area (Å²) in [4.78, 5) is 0. The molecule has 0 aliphatic heterocycles. The monoisotopic (exact) mass is 530 g/mol. The highest BCUT2D eigenvalue weighted by molar-refractivity contribution is 6.09. The lowest BCUT2D eigenvalue weighted by molar-refractivity contribution is 1.47. The maximum absolute atomic E-state index is 9.00. The molecule has 4 heteroatoms. The molecular weight excluding hydrogens is 512 g/mol. The normalized spacial score (nSPS) is 9.43. The second kappa shape index (κ2) is 12.4. The van der Waals surface area contributed by atoms with Gasteiger partial charge in [0.1, 0.15) is 35.4 Å². The Morgan fingerprint density at radius 3 is 1.00 bits per heavy atom. The van der Waals surface area contributed by atoms with Crippen LogP contribution in [0.1, 0.15) is 33.4 Å². The molecule has 0 unspecified atom stereocenters. The van der Waals surface area contributed by atoms with E-state index in [4.69, 9.17) is 21.0 Å². The molecule has 0 aliphatic carbocycles. The molecule has 0 bridgehead atoms. The third-order valence-electron chi connectivity index (χ3n) is 6.52. The second-order valence-corrected chi connectivity index (χ2v) is 9.15. The first-order chi connectivity index (χ1) is 20.6. The van der Waals surface area contributed by atoms with Crippen LogP contribution in [0.5, 0.6) is 0 Å². The van der Waals surface area contributed by atoms with Gasteiger partial charge in [-0.3, -0.25) is 0 Å². The third-order valence-corrected chi connectivity index (χ3v) is 6.52. The highest BCUT2D eigenvalue weighted by Crippen LogP contribution is 2.32. The van der Waals surface area contributed by atoms with E-state index in [0.717, 1.165) is 54.9 Å². The minimum atomic E-state index is 0.0499. The molecule has 0 N–H and O–H groups in total. The molecule has 5 aromatic rings. The summed E-state index contributed by atoms with van der Waals surface area (Å²) in [7, 11) is 0. The fourth-order valence-corrected chi connectivity index (χ4v) is 4.50. The smallest absolute Gasteiger partial charge is 0.130 e. The Bertz CT molecular complexity index is 1970. The van der Waals surface area contributed by atoms with E-state index in [9.17, 15) is 0 Å². The summed E-state index contributed by atoms with van der Waals surface area (Å²) in [6, 6.07) is 38.5. The van der Waals surface area contributed by atoms with Gasteiger partial charge in [-0.1, -0.05) is 96.5 Å². The molecule has 0 aliphatic rings. The Kier molecular flexibility index (Phi) is 7.88. The highest BCUT2D eigenvalue weighted by Gasteiger charge is 2.11. The van der Waals surface area contributed by atoms with Crippen molar-refractivity contribution in [1.82, 2.24) is 0 Å². The zero-order valence-corrected chi connectivity index (χ0v) is 22.2. The molecule has 0 atom stereocenters. The molecule has 4 nitrogen and oxygen atoms in total. The lowest BCUT2D eigenvalue weighted by atomic mass is 9.92. The van der Waals surface area contributed by atoms with Crippen LogP contribution in [0, 0.1) is 69.0 Å². The van der Waals surface area contributed by atoms with Gasteiger partial charge >= 0.3 is 0 Å². The maximum atomic E-state index is 9.00. The van der Waals surface area contributed by atoms with Crippen molar-refractivity contribution < 1.29 is 0 Å². The Hall–Kier alpha value is -6.82. The van der Waals surface area contributed by atoms with Gasteiger partial charge in [0.15, 0.2) is 0 Å². The average molecular weight is 531 g/mol. The van der Waals surface area contributed by atoms with Crippen molar-refractivity contribution in [2.24, 2.45) is 0 Å². The SMILES string of the molecule is N#CC(C#N)=Cc1ccc(C#Cc2c3ccccc3c(C#Cc3ccc(C=C(C#N)C#N)cc3)c3ccccc23)cc1. The van der Waals surface area contributed by atoms with Gasteiger partial charge in [0.25, 0.3) is 0 Å². The van der Waals surface area contributed by atoms with Gasteiger partial charge in [0, 0.05) is 22.3 Å². The molecule has 0 saturated carbocycles. The maximum Gasteiger partial charge on any atom is 0.130 e. The summed E-state index contributed by atoms with van der Waals surface area (Å²) in [5.41, 5.74) is 5.07. The fraction of sp³-hybridized carbons (Fsp3) is 0. The van der Waals surface area contributed by atoms with Crippen LogP contribution in [0.2, 0.25) is 0 Å². The first-order valence-corrected chi connectivity index (χ1v) is 12.8. The summed E-state index contributed by atoms with van der Waals surface area (Å²) in [5.74, 6) is 13.3. The Labute approximate surface area is 243 Å². The van der Waals surface area contributed by atoms with E-state index in [0.29, 0.717) is 0 Å². The van der Waals surface area contributed by atoms with E-state index >= 15 is 0 Å². The van der Waals surface area contributed by atoms with Gasteiger partial charge in [-0.15, -0.1) is 0 Å². The zero-order valence-electron chi connectivity index (χ0n) is 22.2. The molecule has 0 fully saturated rings. The van der Waals surface area contributed by atoms with Gasteiger partial charge in [-0.25, -0.2) is 0 Å². The zero-order chi connectivity index (χ0) is 29.3. The van der Waals surface area contributed by atoms with Gasteiger partial charge < -0.3 is 0 Å². The summed E-state index contributed by atoms with van der Waals surface area (Å²) >= 11 is 0. The molecule has 0 amide bonds. The van der Waals surface area contributed by atoms with Crippen LogP contribution in [0.15, 0.2) is 108 Å². The minimum Gasteiger partial charge on any atom is -0.192 e. The number of hydrogen-bond donors (Lipinski definition) is 0. The predicted molar refractivity (Wildman–Crippen MR) is 165 cm³/mol. The molecule has 0 aromatic heterocycles. The lowest BCUT2D eigenvalue weighted by Crippen LogP contribution is -1.90. The Morgan fingerprint density at radius 1 is 0.405 bits per heavy atom. The summed E-state index contributed by atoms with van der Waals surface area (Å²) in [6.45, 7) is 0. The van der Waals surface area contributed by atoms with Gasteiger partial charge in [-0.2, -0.15) is 21.0 Å². The van der Waals surface area contributed by atoms with Crippen molar-refractivity contribution in [3.63, 3.8) is 0 Å². The van der Waals surface area contributed by atoms with E-state index in [1.807, 2.05) is 97.1 Å². The van der Waals surface area contributed by atoms with E-state index in [2.05, 4.69) is 47.9 Å². The molecule has 0 spiro atoms. The third kappa shape index (κ3) is 5.77. The van der Waals surface area contributed by atoms with Crippen molar-refractivity contribution in [2.75, 3.05) is 0 Å². The second-order valence-electron chi connectivity index (χ2n) is 9.15. The van der Waals surface area contributed by atoms with Crippen molar-refractivity contribution in [3.05, 3.63) is 142 Å². The van der Waals surface area contributed by atoms with Gasteiger partial charge in [0.05, 0.1) is 0 Å². The molecule has 0 saturated heterocycles. The quantitative estimate of drug-likeness (QED) is 0.133. The largest absolute Gasteiger partial charge is 0.192 e. The standard InChI is InChI=1S/C38H18N4/c39-23-31(24-40)21-29-13-9-27(10-14-29)17-19-37-33-5-1-2-6-34(33)38(36-8-4-3-7-35(36)37)20-18-28-11-15-30(16-12-28)22-32(25-41)26-42/h1-16,21-22H. The van der Waals surface area contributed by atoms with Crippen LogP contribution in [0.25, 0.3) is 33.7 Å². The van der Waals surface area contributed by atoms with Crippen LogP contribution < -0.4 is 0 Å². The lowest BCUT2D eigenvalue weighted by Gasteiger charge is -2.10. The first-order valence-electron chi connectivity index (χ1n) is 12.8. The number of rotatable bonds is 2. The van der Waals surface area contributed by atoms with Gasteiger partial charge in [0.2, 0.25) is 0 Å². The molecule has 42 heavy (non-hydrogen) atoms. The Morgan fingerprint density at radius 2 is 0.714 bits per heavy atom. The fourth-order valence-electron chi connectivity index (χ4n) is 4.50. The van der Waals surface area contributed by atoms with Crippen LogP contribution in [0.3, 0.4) is 0 Å². The van der Waals surface area contributed by atoms with E-state index in [1.165, 1.54) is 0 Å². The van der Waals surface area contributed by atoms with Crippen molar-refractivity contribution in [2.45, 2.75) is 0 Å². The van der Waals surface area contributed by atoms with Crippen LogP contribution in [0.4, 0.5) is 0 Å². The van der Waals surface area contributed by atoms with Crippen molar-refractivity contribution in [3.8, 4) is 48.0 Å². The molecule has 190 valence electrons. The van der Waals surface area contributed by atoms with Gasteiger partial charge in [-0.05, 0) is 69.1 Å². The number of nitriles is 4. The summed E-state index contributed by atoms with van der Waals surface area (Å²) in [6.07, 6.45) is 3.09. The van der Waals surface area contributed by atoms with Crippen molar-refractivity contribution >= 4 is 33.7 Å². The average Bonchev–Trinajstić information content (AvgIpc) is 3.05. The van der Waals surface area contributed by atoms with E-state index in [-0.39, 0.29) is 11.1 Å². The van der Waals surface area contributed by atoms with Crippen LogP contribution >= 0.6 is 0 Å². The number of nitrogens with zero attached hydrogens (tertiary/aromatic N) is 4. The van der Waals surface area contributed by atoms with Crippen LogP contribution in [-0.4, -0.2) is 0 Å². The summed E-state index contributed by atoms with van der Waals surface area (Å²) in [5, 5.41) is 40.0. The van der Waals surface area contributed by atoms with E-state index in [1.54, 1.807) is 12.2 Å². The number of allylic oxidation sites excluding steroid dienone is 2. The number of benzene rings is 5. The van der Waals surface area contributed by atoms with Crippen molar-refractivity contribution in [1.29, 1.82) is 21.0 Å². The number of fused-ring (bicyclic) bond motifs is 2. The molecule has 0 radical (unpaired) electrons. The number of hydrogen-bond acceptors (Lipinski definition) is 4. The first kappa shape index (κ1) is 26.8. The minimum absolute atomic E-state index is 0.0499. The van der Waals surface area contributed by atoms with E-state index < -0.39 is 0 Å². The Balaban J connectivity index is 1.58. The van der Waals surface area contributed by atoms with Crippen LogP contribution in [-0.2, 0) is 0 Å². The topological polar surface area (TPSA) is 95.2 Å². The molecular formula is C38H18N4. The highest BCUT2D eigenvalue weighted by atomic mass is 14.3. The molecule has 5 aromatic carbocycles. The molecule has 5 rings (SSSR count). The predicted octanol–water partition coefficient (Wildman–Crippen LogP) is 7.65. The molecule has 0 heterocycles.